The number of benzene rings is 1. The highest BCUT2D eigenvalue weighted by Crippen LogP contribution is 2.20. The molecule has 1 aromatic heterocycles. The topological polar surface area (TPSA) is 74.9 Å². The van der Waals surface area contributed by atoms with Crippen LogP contribution in [-0.4, -0.2) is 70.5 Å². The average molecular weight is 346 g/mol. The quantitative estimate of drug-likeness (QED) is 0.814. The van der Waals surface area contributed by atoms with Crippen molar-refractivity contribution in [3.63, 3.8) is 0 Å². The summed E-state index contributed by atoms with van der Waals surface area (Å²) in [5.74, 6) is 2.05. The van der Waals surface area contributed by atoms with E-state index in [9.17, 15) is 5.11 Å². The smallest absolute Gasteiger partial charge is 0.233 e. The maximum Gasteiger partial charge on any atom is 0.233 e. The number of hydrogen-bond acceptors (Lipinski definition) is 7. The van der Waals surface area contributed by atoms with Crippen molar-refractivity contribution >= 4 is 0 Å². The van der Waals surface area contributed by atoms with E-state index in [4.69, 9.17) is 9.15 Å². The van der Waals surface area contributed by atoms with Crippen molar-refractivity contribution in [3.05, 3.63) is 42.1 Å². The number of aliphatic hydroxyl groups excluding tert-OH is 1. The number of ether oxygens (including phenoxy) is 1. The Bertz CT molecular complexity index is 641. The molecule has 1 aromatic carbocycles. The fraction of sp³-hybridized carbons (Fsp3) is 0.556. The van der Waals surface area contributed by atoms with E-state index in [1.165, 1.54) is 0 Å². The first-order valence-corrected chi connectivity index (χ1v) is 8.74. The Morgan fingerprint density at radius 3 is 2.52 bits per heavy atom. The molecule has 2 heterocycles. The maximum atomic E-state index is 10.2. The van der Waals surface area contributed by atoms with Crippen LogP contribution in [0.1, 0.15) is 24.7 Å². The highest BCUT2D eigenvalue weighted by atomic mass is 16.5. The van der Waals surface area contributed by atoms with Crippen molar-refractivity contribution in [2.24, 2.45) is 0 Å². The zero-order chi connectivity index (χ0) is 17.6. The monoisotopic (exact) mass is 346 g/mol. The van der Waals surface area contributed by atoms with Crippen LogP contribution >= 0.6 is 0 Å². The largest absolute Gasteiger partial charge is 0.491 e. The third-order valence-corrected chi connectivity index (χ3v) is 4.51. The Labute approximate surface area is 148 Å². The Balaban J connectivity index is 1.40. The third-order valence-electron chi connectivity index (χ3n) is 4.51. The summed E-state index contributed by atoms with van der Waals surface area (Å²) in [6.07, 6.45) is -0.497. The van der Waals surface area contributed by atoms with E-state index in [0.717, 1.165) is 31.9 Å². The molecule has 136 valence electrons. The van der Waals surface area contributed by atoms with Gasteiger partial charge in [0.15, 0.2) is 0 Å². The lowest BCUT2D eigenvalue weighted by Crippen LogP contribution is -2.49. The highest BCUT2D eigenvalue weighted by molar-refractivity contribution is 5.20. The van der Waals surface area contributed by atoms with Gasteiger partial charge in [0.1, 0.15) is 18.5 Å². The first-order chi connectivity index (χ1) is 12.1. The first kappa shape index (κ1) is 17.8. The van der Waals surface area contributed by atoms with E-state index in [1.807, 2.05) is 30.3 Å². The molecule has 0 saturated carbocycles. The molecule has 2 aromatic rings. The molecule has 1 fully saturated rings. The molecule has 1 aliphatic rings. The summed E-state index contributed by atoms with van der Waals surface area (Å²) in [6, 6.07) is 9.70. The summed E-state index contributed by atoms with van der Waals surface area (Å²) in [5, 5.41) is 18.2. The van der Waals surface area contributed by atoms with Crippen LogP contribution in [0.3, 0.4) is 0 Å². The van der Waals surface area contributed by atoms with Crippen molar-refractivity contribution in [2.75, 3.05) is 39.3 Å². The van der Waals surface area contributed by atoms with Crippen molar-refractivity contribution in [1.82, 2.24) is 20.0 Å². The number of β-amino-alcohol motifs (C(OH)–C–C–N with tert-alkyl or cyclic N) is 1. The molecule has 1 aliphatic heterocycles. The van der Waals surface area contributed by atoms with Gasteiger partial charge < -0.3 is 14.3 Å². The second-order valence-electron chi connectivity index (χ2n) is 6.45. The van der Waals surface area contributed by atoms with Gasteiger partial charge in [-0.15, -0.1) is 10.2 Å². The number of aryl methyl sites for hydroxylation is 1. The van der Waals surface area contributed by atoms with Gasteiger partial charge in [-0.1, -0.05) is 18.2 Å². The molecular formula is C18H26N4O3. The third kappa shape index (κ3) is 5.01. The van der Waals surface area contributed by atoms with E-state index >= 15 is 0 Å². The van der Waals surface area contributed by atoms with Gasteiger partial charge in [0, 0.05) is 39.6 Å². The van der Waals surface area contributed by atoms with E-state index in [1.54, 1.807) is 6.92 Å². The summed E-state index contributed by atoms with van der Waals surface area (Å²) in [5.41, 5.74) is 0. The molecule has 1 N–H and O–H groups in total. The second-order valence-corrected chi connectivity index (χ2v) is 6.45. The Kier molecular flexibility index (Phi) is 6.01. The predicted octanol–water partition coefficient (Wildman–Crippen LogP) is 1.50. The number of aromatic nitrogens is 2. The summed E-state index contributed by atoms with van der Waals surface area (Å²) in [7, 11) is 0. The van der Waals surface area contributed by atoms with Crippen LogP contribution in [0.5, 0.6) is 5.75 Å². The molecule has 3 rings (SSSR count). The van der Waals surface area contributed by atoms with Crippen LogP contribution in [0.2, 0.25) is 0 Å². The normalized spacial score (nSPS) is 18.8. The maximum absolute atomic E-state index is 10.2. The fourth-order valence-corrected chi connectivity index (χ4v) is 3.03. The molecule has 0 bridgehead atoms. The summed E-state index contributed by atoms with van der Waals surface area (Å²) in [6.45, 7) is 8.45. The Morgan fingerprint density at radius 2 is 1.88 bits per heavy atom. The molecule has 0 radical (unpaired) electrons. The molecule has 25 heavy (non-hydrogen) atoms. The number of rotatable bonds is 7. The van der Waals surface area contributed by atoms with Crippen LogP contribution in [0.15, 0.2) is 34.7 Å². The molecule has 0 spiro atoms. The van der Waals surface area contributed by atoms with Gasteiger partial charge in [0.05, 0.1) is 6.04 Å². The van der Waals surface area contributed by atoms with Crippen molar-refractivity contribution in [3.8, 4) is 5.75 Å². The van der Waals surface area contributed by atoms with Crippen LogP contribution in [0.25, 0.3) is 0 Å². The number of piperazine rings is 1. The lowest BCUT2D eigenvalue weighted by atomic mass is 10.2. The minimum absolute atomic E-state index is 0.120. The summed E-state index contributed by atoms with van der Waals surface area (Å²) < 4.78 is 11.1. The van der Waals surface area contributed by atoms with E-state index in [0.29, 0.717) is 24.9 Å². The molecular weight excluding hydrogens is 320 g/mol. The van der Waals surface area contributed by atoms with Crippen LogP contribution in [-0.2, 0) is 0 Å². The van der Waals surface area contributed by atoms with Gasteiger partial charge in [-0.3, -0.25) is 9.80 Å². The van der Waals surface area contributed by atoms with E-state index in [-0.39, 0.29) is 6.04 Å². The number of aliphatic hydroxyl groups is 1. The molecule has 1 saturated heterocycles. The standard InChI is InChI=1S/C18H26N4O3/c1-14(18-20-19-15(2)25-18)22-10-8-21(9-11-22)12-16(23)13-24-17-6-4-3-5-7-17/h3-7,14,16,23H,8-13H2,1-2H3/t14-,16+/m0/s1. The number of para-hydroxylation sites is 1. The van der Waals surface area contributed by atoms with Gasteiger partial charge in [-0.2, -0.15) is 0 Å². The van der Waals surface area contributed by atoms with Gasteiger partial charge in [-0.05, 0) is 19.1 Å². The molecule has 7 heteroatoms. The van der Waals surface area contributed by atoms with Crippen LogP contribution in [0.4, 0.5) is 0 Å². The zero-order valence-electron chi connectivity index (χ0n) is 14.8. The zero-order valence-corrected chi connectivity index (χ0v) is 14.8. The van der Waals surface area contributed by atoms with Crippen molar-refractivity contribution in [2.45, 2.75) is 26.0 Å². The number of hydrogen-bond donors (Lipinski definition) is 1. The van der Waals surface area contributed by atoms with E-state index in [2.05, 4.69) is 26.9 Å². The Hall–Kier alpha value is -1.96. The van der Waals surface area contributed by atoms with Crippen molar-refractivity contribution < 1.29 is 14.3 Å². The van der Waals surface area contributed by atoms with E-state index < -0.39 is 6.10 Å². The van der Waals surface area contributed by atoms with Gasteiger partial charge >= 0.3 is 0 Å². The highest BCUT2D eigenvalue weighted by Gasteiger charge is 2.26. The molecule has 0 aliphatic carbocycles. The predicted molar refractivity (Wildman–Crippen MR) is 93.4 cm³/mol. The van der Waals surface area contributed by atoms with Crippen LogP contribution < -0.4 is 4.74 Å². The molecule has 0 amide bonds. The fourth-order valence-electron chi connectivity index (χ4n) is 3.03. The molecule has 0 unspecified atom stereocenters. The molecule has 2 atom stereocenters. The summed E-state index contributed by atoms with van der Waals surface area (Å²) >= 11 is 0. The minimum Gasteiger partial charge on any atom is -0.491 e. The first-order valence-electron chi connectivity index (χ1n) is 8.74. The summed E-state index contributed by atoms with van der Waals surface area (Å²) in [4.78, 5) is 4.59. The average Bonchev–Trinajstić information content (AvgIpc) is 3.07. The SMILES string of the molecule is Cc1nnc([C@H](C)N2CCN(C[C@@H](O)COc3ccccc3)CC2)o1. The van der Waals surface area contributed by atoms with Gasteiger partial charge in [-0.25, -0.2) is 0 Å². The Morgan fingerprint density at radius 1 is 1.16 bits per heavy atom. The molecule has 7 nitrogen and oxygen atoms in total. The van der Waals surface area contributed by atoms with Gasteiger partial charge in [0.25, 0.3) is 0 Å². The van der Waals surface area contributed by atoms with Crippen LogP contribution in [0, 0.1) is 6.92 Å². The second kappa shape index (κ2) is 8.42. The number of nitrogens with zero attached hydrogens (tertiary/aromatic N) is 4. The lowest BCUT2D eigenvalue weighted by Gasteiger charge is -2.37. The minimum atomic E-state index is -0.497. The van der Waals surface area contributed by atoms with Gasteiger partial charge in [0.2, 0.25) is 11.8 Å². The van der Waals surface area contributed by atoms with Crippen molar-refractivity contribution in [1.29, 1.82) is 0 Å². The lowest BCUT2D eigenvalue weighted by molar-refractivity contribution is 0.0349.